The summed E-state index contributed by atoms with van der Waals surface area (Å²) in [4.78, 5) is 8.57. The molecule has 6 nitrogen and oxygen atoms in total. The lowest BCUT2D eigenvalue weighted by molar-refractivity contribution is -0.137. The SMILES string of the molecule is O=S(=O)(N1Cc2cc(C(F)(F)F)ccc2N(Cc2cnc[nH]2)[C@H](CCC2CCCC2)C1)C(F)(F)F. The van der Waals surface area contributed by atoms with E-state index in [0.29, 0.717) is 24.5 Å². The van der Waals surface area contributed by atoms with E-state index in [1.165, 1.54) is 18.6 Å². The van der Waals surface area contributed by atoms with Crippen LogP contribution in [0.25, 0.3) is 0 Å². The van der Waals surface area contributed by atoms with Gasteiger partial charge in [0.25, 0.3) is 0 Å². The third kappa shape index (κ3) is 5.60. The van der Waals surface area contributed by atoms with E-state index < -0.39 is 46.4 Å². The normalized spacial score (nSPS) is 20.7. The van der Waals surface area contributed by atoms with Gasteiger partial charge in [-0.15, -0.1) is 0 Å². The molecule has 2 aromatic rings. The van der Waals surface area contributed by atoms with E-state index in [1.807, 2.05) is 0 Å². The lowest BCUT2D eigenvalue weighted by atomic mass is 9.97. The van der Waals surface area contributed by atoms with Crippen LogP contribution in [0.4, 0.5) is 32.0 Å². The van der Waals surface area contributed by atoms with Crippen molar-refractivity contribution >= 4 is 15.7 Å². The zero-order valence-electron chi connectivity index (χ0n) is 18.7. The predicted molar refractivity (Wildman–Crippen MR) is 117 cm³/mol. The predicted octanol–water partition coefficient (Wildman–Crippen LogP) is 5.44. The fraction of sp³-hybridized carbons (Fsp3) is 0.591. The molecule has 1 aromatic heterocycles. The number of hydrogen-bond donors (Lipinski definition) is 1. The molecule has 1 atom stereocenters. The maximum absolute atomic E-state index is 13.5. The molecule has 2 aliphatic rings. The molecule has 1 fully saturated rings. The number of hydrogen-bond acceptors (Lipinski definition) is 4. The Balaban J connectivity index is 1.78. The fourth-order valence-corrected chi connectivity index (χ4v) is 6.00. The number of anilines is 1. The highest BCUT2D eigenvalue weighted by molar-refractivity contribution is 7.89. The number of fused-ring (bicyclic) bond motifs is 1. The van der Waals surface area contributed by atoms with Gasteiger partial charge in [-0.2, -0.15) is 30.6 Å². The van der Waals surface area contributed by atoms with Crippen molar-refractivity contribution in [2.75, 3.05) is 11.4 Å². The van der Waals surface area contributed by atoms with Gasteiger partial charge in [0.05, 0.1) is 24.1 Å². The van der Waals surface area contributed by atoms with E-state index in [1.54, 1.807) is 4.90 Å². The van der Waals surface area contributed by atoms with Crippen LogP contribution in [-0.4, -0.2) is 40.8 Å². The number of rotatable bonds is 6. The molecule has 0 bridgehead atoms. The van der Waals surface area contributed by atoms with Gasteiger partial charge in [-0.1, -0.05) is 25.7 Å². The third-order valence-corrected chi connectivity index (χ3v) is 8.37. The van der Waals surface area contributed by atoms with Gasteiger partial charge >= 0.3 is 21.7 Å². The third-order valence-electron chi connectivity index (χ3n) is 6.83. The smallest absolute Gasteiger partial charge is 0.361 e. The monoisotopic (exact) mass is 524 g/mol. The number of alkyl halides is 6. The summed E-state index contributed by atoms with van der Waals surface area (Å²) in [7, 11) is -5.76. The van der Waals surface area contributed by atoms with Gasteiger partial charge in [-0.3, -0.25) is 0 Å². The number of H-pyrrole nitrogens is 1. The van der Waals surface area contributed by atoms with Crippen LogP contribution in [0, 0.1) is 5.92 Å². The van der Waals surface area contributed by atoms with Crippen molar-refractivity contribution in [3.05, 3.63) is 47.5 Å². The molecule has 1 aliphatic carbocycles. The molecule has 1 N–H and O–H groups in total. The first-order chi connectivity index (χ1) is 16.4. The lowest BCUT2D eigenvalue weighted by Gasteiger charge is -2.34. The Morgan fingerprint density at radius 2 is 1.77 bits per heavy atom. The van der Waals surface area contributed by atoms with Crippen molar-refractivity contribution in [2.24, 2.45) is 5.92 Å². The Hall–Kier alpha value is -2.28. The largest absolute Gasteiger partial charge is 0.511 e. The van der Waals surface area contributed by atoms with Crippen molar-refractivity contribution in [3.8, 4) is 0 Å². The second-order valence-corrected chi connectivity index (χ2v) is 11.1. The summed E-state index contributed by atoms with van der Waals surface area (Å²) in [6, 6.07) is 2.17. The molecule has 13 heteroatoms. The Bertz CT molecular complexity index is 1110. The zero-order valence-corrected chi connectivity index (χ0v) is 19.6. The highest BCUT2D eigenvalue weighted by atomic mass is 32.2. The lowest BCUT2D eigenvalue weighted by Crippen LogP contribution is -2.47. The zero-order chi connectivity index (χ0) is 25.4. The van der Waals surface area contributed by atoms with Gasteiger partial charge in [0, 0.05) is 31.0 Å². The Labute approximate surface area is 199 Å². The molecule has 0 spiro atoms. The summed E-state index contributed by atoms with van der Waals surface area (Å²) in [6.07, 6.45) is 3.47. The van der Waals surface area contributed by atoms with E-state index in [2.05, 4.69) is 9.97 Å². The van der Waals surface area contributed by atoms with Crippen molar-refractivity contribution in [2.45, 2.75) is 69.3 Å². The molecule has 1 aromatic carbocycles. The molecule has 0 unspecified atom stereocenters. The van der Waals surface area contributed by atoms with E-state index in [-0.39, 0.29) is 22.1 Å². The van der Waals surface area contributed by atoms with Crippen LogP contribution in [0.15, 0.2) is 30.7 Å². The number of nitrogens with zero attached hydrogens (tertiary/aromatic N) is 3. The number of benzene rings is 1. The van der Waals surface area contributed by atoms with Crippen LogP contribution in [0.3, 0.4) is 0 Å². The summed E-state index contributed by atoms with van der Waals surface area (Å²) >= 11 is 0. The van der Waals surface area contributed by atoms with E-state index in [9.17, 15) is 34.8 Å². The van der Waals surface area contributed by atoms with Crippen molar-refractivity contribution < 1.29 is 34.8 Å². The van der Waals surface area contributed by atoms with Gasteiger partial charge in [-0.25, -0.2) is 13.4 Å². The number of sulfonamides is 1. The van der Waals surface area contributed by atoms with Gasteiger partial charge in [0.2, 0.25) is 0 Å². The fourth-order valence-electron chi connectivity index (χ4n) is 5.03. The molecule has 0 amide bonds. The number of aromatic amines is 1. The number of halogens is 6. The van der Waals surface area contributed by atoms with E-state index in [4.69, 9.17) is 0 Å². The Kier molecular flexibility index (Phi) is 7.11. The summed E-state index contributed by atoms with van der Waals surface area (Å²) in [5.41, 5.74) is -5.86. The van der Waals surface area contributed by atoms with Gasteiger partial charge in [-0.05, 0) is 42.5 Å². The van der Waals surface area contributed by atoms with Gasteiger partial charge < -0.3 is 9.88 Å². The first-order valence-electron chi connectivity index (χ1n) is 11.4. The van der Waals surface area contributed by atoms with Crippen molar-refractivity contribution in [1.29, 1.82) is 0 Å². The standard InChI is InChI=1S/C22H26F6N4O2S/c23-21(24,25)17-6-8-20-16(9-17)11-31(35(33,34)22(26,27)28)13-19(7-5-15-3-1-2-4-15)32(20)12-18-10-29-14-30-18/h6,8-10,14-15,19H,1-5,7,11-13H2,(H,29,30)/t19-/m1/s1. The average molecular weight is 525 g/mol. The van der Waals surface area contributed by atoms with Crippen LogP contribution in [0.2, 0.25) is 0 Å². The maximum atomic E-state index is 13.5. The maximum Gasteiger partial charge on any atom is 0.511 e. The van der Waals surface area contributed by atoms with Gasteiger partial charge in [0.15, 0.2) is 0 Å². The van der Waals surface area contributed by atoms with E-state index in [0.717, 1.165) is 37.8 Å². The highest BCUT2D eigenvalue weighted by Crippen LogP contribution is 2.40. The average Bonchev–Trinajstić information content (AvgIpc) is 3.44. The highest BCUT2D eigenvalue weighted by Gasteiger charge is 2.51. The van der Waals surface area contributed by atoms with Crippen LogP contribution in [-0.2, 0) is 29.3 Å². The minimum absolute atomic E-state index is 0.129. The van der Waals surface area contributed by atoms with Gasteiger partial charge in [0.1, 0.15) is 0 Å². The molecule has 1 saturated carbocycles. The summed E-state index contributed by atoms with van der Waals surface area (Å²) < 4.78 is 106. The quantitative estimate of drug-likeness (QED) is 0.511. The molecule has 4 rings (SSSR count). The molecule has 0 radical (unpaired) electrons. The first kappa shape index (κ1) is 25.8. The van der Waals surface area contributed by atoms with E-state index >= 15 is 0 Å². The molecule has 2 heterocycles. The molecule has 35 heavy (non-hydrogen) atoms. The summed E-state index contributed by atoms with van der Waals surface area (Å²) in [5.74, 6) is 0.395. The van der Waals surface area contributed by atoms with Crippen LogP contribution >= 0.6 is 0 Å². The molecule has 1 aliphatic heterocycles. The van der Waals surface area contributed by atoms with Crippen molar-refractivity contribution in [3.63, 3.8) is 0 Å². The minimum atomic E-state index is -5.76. The van der Waals surface area contributed by atoms with Crippen LogP contribution in [0.1, 0.15) is 55.3 Å². The number of aromatic nitrogens is 2. The van der Waals surface area contributed by atoms with Crippen molar-refractivity contribution in [1.82, 2.24) is 14.3 Å². The summed E-state index contributed by atoms with van der Waals surface area (Å²) in [5, 5.41) is 0. The summed E-state index contributed by atoms with van der Waals surface area (Å²) in [6.45, 7) is -1.16. The molecule has 0 saturated heterocycles. The minimum Gasteiger partial charge on any atom is -0.361 e. The second kappa shape index (κ2) is 9.64. The molecular formula is C22H26F6N4O2S. The first-order valence-corrected chi connectivity index (χ1v) is 12.8. The van der Waals surface area contributed by atoms with Crippen LogP contribution in [0.5, 0.6) is 0 Å². The number of nitrogens with one attached hydrogen (secondary N) is 1. The second-order valence-electron chi connectivity index (χ2n) is 9.17. The molecular weight excluding hydrogens is 498 g/mol. The molecule has 194 valence electrons. The Morgan fingerprint density at radius 1 is 1.06 bits per heavy atom. The number of imidazole rings is 1. The Morgan fingerprint density at radius 3 is 2.37 bits per heavy atom. The topological polar surface area (TPSA) is 69.3 Å². The van der Waals surface area contributed by atoms with Crippen LogP contribution < -0.4 is 4.90 Å².